The van der Waals surface area contributed by atoms with Crippen LogP contribution in [0.25, 0.3) is 0 Å². The number of anilines is 3. The van der Waals surface area contributed by atoms with E-state index in [1.165, 1.54) is 0 Å². The number of nitriles is 1. The maximum Gasteiger partial charge on any atom is 0.224 e. The molecule has 0 aliphatic rings. The van der Waals surface area contributed by atoms with Gasteiger partial charge in [-0.1, -0.05) is 0 Å². The third-order valence-corrected chi connectivity index (χ3v) is 2.65. The summed E-state index contributed by atoms with van der Waals surface area (Å²) in [6.45, 7) is 0. The van der Waals surface area contributed by atoms with Gasteiger partial charge in [0.1, 0.15) is 0 Å². The number of halogens is 1. The molecule has 0 saturated carbocycles. The monoisotopic (exact) mass is 257 g/mol. The Bertz CT molecular complexity index is 618. The van der Waals surface area contributed by atoms with E-state index in [4.69, 9.17) is 5.26 Å². The van der Waals surface area contributed by atoms with Gasteiger partial charge in [0, 0.05) is 19.8 Å². The van der Waals surface area contributed by atoms with Crippen molar-refractivity contribution in [3.63, 3.8) is 0 Å². The zero-order chi connectivity index (χ0) is 13.8. The van der Waals surface area contributed by atoms with Gasteiger partial charge in [-0.2, -0.15) is 10.2 Å². The molecule has 0 atom stereocenters. The molecule has 0 aliphatic heterocycles. The van der Waals surface area contributed by atoms with Crippen LogP contribution in [0, 0.1) is 17.1 Å². The van der Waals surface area contributed by atoms with Crippen molar-refractivity contribution < 1.29 is 4.39 Å². The number of hydrogen-bond donors (Lipinski definition) is 1. The van der Waals surface area contributed by atoms with Crippen LogP contribution in [-0.2, 0) is 0 Å². The second-order valence-corrected chi connectivity index (χ2v) is 3.83. The molecule has 0 radical (unpaired) electrons. The molecule has 19 heavy (non-hydrogen) atoms. The van der Waals surface area contributed by atoms with Crippen molar-refractivity contribution in [2.24, 2.45) is 0 Å². The molecule has 0 bridgehead atoms. The van der Waals surface area contributed by atoms with Gasteiger partial charge in [-0.05, 0) is 24.3 Å². The van der Waals surface area contributed by atoms with Crippen LogP contribution < -0.4 is 10.2 Å². The summed E-state index contributed by atoms with van der Waals surface area (Å²) < 4.78 is 13.7. The average molecular weight is 257 g/mol. The predicted octanol–water partition coefficient (Wildman–Crippen LogP) is 2.30. The lowest BCUT2D eigenvalue weighted by molar-refractivity contribution is 0.614. The zero-order valence-corrected chi connectivity index (χ0v) is 10.6. The Balaban J connectivity index is 2.37. The molecule has 0 fully saturated rings. The van der Waals surface area contributed by atoms with Gasteiger partial charge in [0.05, 0.1) is 17.8 Å². The molecule has 6 heteroatoms. The molecule has 1 aromatic heterocycles. The minimum absolute atomic E-state index is 0.170. The second-order valence-electron chi connectivity index (χ2n) is 3.83. The molecule has 1 N–H and O–H groups in total. The van der Waals surface area contributed by atoms with E-state index in [1.807, 2.05) is 6.07 Å². The highest BCUT2D eigenvalue weighted by Crippen LogP contribution is 2.24. The summed E-state index contributed by atoms with van der Waals surface area (Å²) in [5.41, 5.74) is 1.29. The standard InChI is InChI=1S/C13H12FN5/c1-16-13-17-8-11(14)12(18-13)19(2)10-5-3-9(7-15)4-6-10/h3-6,8H,1-2H3,(H,16,17,18). The van der Waals surface area contributed by atoms with Crippen molar-refractivity contribution in [2.45, 2.75) is 0 Å². The number of benzene rings is 1. The molecule has 0 spiro atoms. The van der Waals surface area contributed by atoms with E-state index in [1.54, 1.807) is 43.3 Å². The van der Waals surface area contributed by atoms with E-state index in [0.717, 1.165) is 11.9 Å². The van der Waals surface area contributed by atoms with E-state index in [-0.39, 0.29) is 5.82 Å². The van der Waals surface area contributed by atoms with E-state index >= 15 is 0 Å². The van der Waals surface area contributed by atoms with Crippen molar-refractivity contribution in [2.75, 3.05) is 24.3 Å². The quantitative estimate of drug-likeness (QED) is 0.914. The van der Waals surface area contributed by atoms with Crippen LogP contribution >= 0.6 is 0 Å². The van der Waals surface area contributed by atoms with Crippen LogP contribution in [0.1, 0.15) is 5.56 Å². The fourth-order valence-corrected chi connectivity index (χ4v) is 1.60. The fourth-order valence-electron chi connectivity index (χ4n) is 1.60. The Hall–Kier alpha value is -2.68. The van der Waals surface area contributed by atoms with Gasteiger partial charge in [0.25, 0.3) is 0 Å². The highest BCUT2D eigenvalue weighted by atomic mass is 19.1. The van der Waals surface area contributed by atoms with Gasteiger partial charge in [-0.15, -0.1) is 0 Å². The summed E-state index contributed by atoms with van der Waals surface area (Å²) in [6.07, 6.45) is 1.12. The van der Waals surface area contributed by atoms with E-state index in [0.29, 0.717) is 11.5 Å². The summed E-state index contributed by atoms with van der Waals surface area (Å²) in [4.78, 5) is 9.46. The Kier molecular flexibility index (Phi) is 3.57. The number of nitrogens with zero attached hydrogens (tertiary/aromatic N) is 4. The lowest BCUT2D eigenvalue weighted by atomic mass is 10.2. The minimum atomic E-state index is -0.508. The summed E-state index contributed by atoms with van der Waals surface area (Å²) in [6, 6.07) is 8.85. The van der Waals surface area contributed by atoms with Crippen molar-refractivity contribution in [1.29, 1.82) is 5.26 Å². The van der Waals surface area contributed by atoms with Gasteiger partial charge in [0.15, 0.2) is 11.6 Å². The second kappa shape index (κ2) is 5.31. The fraction of sp³-hybridized carbons (Fsp3) is 0.154. The van der Waals surface area contributed by atoms with Crippen molar-refractivity contribution in [3.05, 3.63) is 41.8 Å². The lowest BCUT2D eigenvalue weighted by Gasteiger charge is -2.19. The highest BCUT2D eigenvalue weighted by molar-refractivity contribution is 5.61. The Morgan fingerprint density at radius 2 is 2.00 bits per heavy atom. The maximum absolute atomic E-state index is 13.7. The largest absolute Gasteiger partial charge is 0.357 e. The van der Waals surface area contributed by atoms with Crippen LogP contribution in [0.15, 0.2) is 30.5 Å². The first-order valence-electron chi connectivity index (χ1n) is 5.60. The first-order chi connectivity index (χ1) is 9.15. The highest BCUT2D eigenvalue weighted by Gasteiger charge is 2.12. The molecule has 2 aromatic rings. The molecule has 0 unspecified atom stereocenters. The Morgan fingerprint density at radius 1 is 1.32 bits per heavy atom. The number of nitrogens with one attached hydrogen (secondary N) is 1. The first kappa shape index (κ1) is 12.8. The molecule has 0 saturated heterocycles. The zero-order valence-electron chi connectivity index (χ0n) is 10.6. The molecule has 5 nitrogen and oxygen atoms in total. The number of rotatable bonds is 3. The Labute approximate surface area is 110 Å². The molecular weight excluding hydrogens is 245 g/mol. The normalized spacial score (nSPS) is 9.79. The first-order valence-corrected chi connectivity index (χ1v) is 5.60. The van der Waals surface area contributed by atoms with Crippen LogP contribution in [0.2, 0.25) is 0 Å². The third-order valence-electron chi connectivity index (χ3n) is 2.65. The van der Waals surface area contributed by atoms with Gasteiger partial charge in [0.2, 0.25) is 5.95 Å². The molecule has 1 heterocycles. The van der Waals surface area contributed by atoms with Crippen molar-refractivity contribution >= 4 is 17.5 Å². The van der Waals surface area contributed by atoms with Crippen LogP contribution in [0.4, 0.5) is 21.8 Å². The molecule has 0 amide bonds. The molecule has 0 aliphatic carbocycles. The van der Waals surface area contributed by atoms with E-state index < -0.39 is 5.82 Å². The SMILES string of the molecule is CNc1ncc(F)c(N(C)c2ccc(C#N)cc2)n1. The molecule has 2 rings (SSSR count). The summed E-state index contributed by atoms with van der Waals surface area (Å²) in [7, 11) is 3.37. The summed E-state index contributed by atoms with van der Waals surface area (Å²) >= 11 is 0. The van der Waals surface area contributed by atoms with Crippen molar-refractivity contribution in [1.82, 2.24) is 9.97 Å². The average Bonchev–Trinajstić information content (AvgIpc) is 2.47. The number of aromatic nitrogens is 2. The summed E-state index contributed by atoms with van der Waals surface area (Å²) in [5.74, 6) is 0.00631. The summed E-state index contributed by atoms with van der Waals surface area (Å²) in [5, 5.41) is 11.5. The Morgan fingerprint density at radius 3 is 2.58 bits per heavy atom. The molecule has 96 valence electrons. The van der Waals surface area contributed by atoms with Crippen LogP contribution in [0.5, 0.6) is 0 Å². The maximum atomic E-state index is 13.7. The van der Waals surface area contributed by atoms with Gasteiger partial charge in [-0.25, -0.2) is 9.37 Å². The van der Waals surface area contributed by atoms with Gasteiger partial charge >= 0.3 is 0 Å². The molecule has 1 aromatic carbocycles. The van der Waals surface area contributed by atoms with Crippen molar-refractivity contribution in [3.8, 4) is 6.07 Å². The predicted molar refractivity (Wildman–Crippen MR) is 70.8 cm³/mol. The lowest BCUT2D eigenvalue weighted by Crippen LogP contribution is -2.14. The third kappa shape index (κ3) is 2.60. The minimum Gasteiger partial charge on any atom is -0.357 e. The van der Waals surface area contributed by atoms with E-state index in [9.17, 15) is 4.39 Å². The van der Waals surface area contributed by atoms with E-state index in [2.05, 4.69) is 15.3 Å². The van der Waals surface area contributed by atoms with Crippen LogP contribution in [-0.4, -0.2) is 24.1 Å². The smallest absolute Gasteiger partial charge is 0.224 e. The molecular formula is C13H12FN5. The van der Waals surface area contributed by atoms with Gasteiger partial charge < -0.3 is 10.2 Å². The topological polar surface area (TPSA) is 64.8 Å². The number of hydrogen-bond acceptors (Lipinski definition) is 5. The van der Waals surface area contributed by atoms with Crippen LogP contribution in [0.3, 0.4) is 0 Å². The van der Waals surface area contributed by atoms with Gasteiger partial charge in [-0.3, -0.25) is 0 Å².